The van der Waals surface area contributed by atoms with E-state index in [1.54, 1.807) is 67.6 Å². The molecule has 11 nitrogen and oxygen atoms in total. The molecular weight excluding hydrogens is 691 g/mol. The molecule has 5 rings (SSSR count). The van der Waals surface area contributed by atoms with Gasteiger partial charge in [0.25, 0.3) is 11.8 Å². The molecule has 1 aromatic heterocycles. The number of benzene rings is 3. The van der Waals surface area contributed by atoms with Gasteiger partial charge < -0.3 is 34.9 Å². The minimum atomic E-state index is -0.596. The van der Waals surface area contributed by atoms with Crippen LogP contribution in [0, 0.1) is 0 Å². The number of fused-ring (bicyclic) bond motifs is 1. The molecule has 1 aliphatic rings. The number of methoxy groups -OCH3 is 4. The van der Waals surface area contributed by atoms with E-state index in [9.17, 15) is 19.2 Å². The number of carbonyl (C=O) groups is 4. The van der Waals surface area contributed by atoms with E-state index in [4.69, 9.17) is 18.9 Å². The van der Waals surface area contributed by atoms with Gasteiger partial charge in [-0.3, -0.25) is 14.4 Å². The Bertz CT molecular complexity index is 1960. The van der Waals surface area contributed by atoms with E-state index in [2.05, 4.69) is 16.0 Å². The SMILES string of the molecule is COC(=O)c1c(NC(=O)C(C)Sc2cccc(NC(=O)/C(=C\c3cc(OC)c(OC)cc3OC)NC(=O)c3ccccc3)c2)sc2c1CCCC2. The Morgan fingerprint density at radius 2 is 1.53 bits per heavy atom. The lowest BCUT2D eigenvalue weighted by atomic mass is 9.95. The lowest BCUT2D eigenvalue weighted by Crippen LogP contribution is -2.30. The molecule has 0 saturated carbocycles. The van der Waals surface area contributed by atoms with Gasteiger partial charge in [-0.1, -0.05) is 24.3 Å². The van der Waals surface area contributed by atoms with E-state index >= 15 is 0 Å². The maximum atomic E-state index is 13.8. The minimum absolute atomic E-state index is 0.0553. The summed E-state index contributed by atoms with van der Waals surface area (Å²) in [7, 11) is 5.82. The standard InChI is InChI=1S/C38H39N3O8S2/c1-22(34(42)41-37-33(38(45)49-5)27-16-9-10-17-32(27)51-37)50-26-15-11-14-25(20-26)39-36(44)28(40-35(43)23-12-7-6-8-13-23)18-24-19-30(47-3)31(48-4)21-29(24)46-2/h6-8,11-15,18-22H,9-10,16-17H2,1-5H3,(H,39,44)(H,40,43)(H,41,42)/b28-18+. The van der Waals surface area contributed by atoms with Gasteiger partial charge >= 0.3 is 5.97 Å². The minimum Gasteiger partial charge on any atom is -0.496 e. The van der Waals surface area contributed by atoms with Crippen LogP contribution in [0.5, 0.6) is 17.2 Å². The zero-order valence-electron chi connectivity index (χ0n) is 28.9. The molecule has 0 saturated heterocycles. The van der Waals surface area contributed by atoms with Crippen molar-refractivity contribution in [2.45, 2.75) is 42.8 Å². The van der Waals surface area contributed by atoms with E-state index < -0.39 is 23.0 Å². The van der Waals surface area contributed by atoms with Gasteiger partial charge in [0.1, 0.15) is 16.4 Å². The summed E-state index contributed by atoms with van der Waals surface area (Å²) in [6.07, 6.45) is 5.18. The molecule has 0 aliphatic heterocycles. The Morgan fingerprint density at radius 1 is 0.824 bits per heavy atom. The molecule has 0 spiro atoms. The summed E-state index contributed by atoms with van der Waals surface area (Å²) in [6.45, 7) is 1.77. The molecule has 1 unspecified atom stereocenters. The fourth-order valence-corrected chi connectivity index (χ4v) is 7.76. The van der Waals surface area contributed by atoms with Gasteiger partial charge in [-0.15, -0.1) is 23.1 Å². The third-order valence-electron chi connectivity index (χ3n) is 8.14. The molecule has 0 bridgehead atoms. The molecule has 266 valence electrons. The highest BCUT2D eigenvalue weighted by molar-refractivity contribution is 8.00. The van der Waals surface area contributed by atoms with E-state index in [-0.39, 0.29) is 11.6 Å². The van der Waals surface area contributed by atoms with Crippen molar-refractivity contribution in [3.8, 4) is 17.2 Å². The number of amides is 3. The zero-order chi connectivity index (χ0) is 36.5. The van der Waals surface area contributed by atoms with Crippen molar-refractivity contribution in [3.05, 3.63) is 99.6 Å². The summed E-state index contributed by atoms with van der Waals surface area (Å²) in [4.78, 5) is 54.8. The average Bonchev–Trinajstić information content (AvgIpc) is 3.52. The Balaban J connectivity index is 1.35. The van der Waals surface area contributed by atoms with Gasteiger partial charge in [-0.05, 0) is 80.6 Å². The Hall–Kier alpha value is -5.27. The third kappa shape index (κ3) is 8.91. The van der Waals surface area contributed by atoms with Gasteiger partial charge in [-0.25, -0.2) is 4.79 Å². The highest BCUT2D eigenvalue weighted by Gasteiger charge is 2.28. The molecule has 3 aromatic carbocycles. The highest BCUT2D eigenvalue weighted by Crippen LogP contribution is 2.39. The first kappa shape index (κ1) is 37.0. The molecule has 51 heavy (non-hydrogen) atoms. The summed E-state index contributed by atoms with van der Waals surface area (Å²) >= 11 is 2.73. The second-order valence-electron chi connectivity index (χ2n) is 11.5. The van der Waals surface area contributed by atoms with Crippen LogP contribution >= 0.6 is 23.1 Å². The van der Waals surface area contributed by atoms with Gasteiger partial charge in [0.05, 0.1) is 39.3 Å². The number of carbonyl (C=O) groups excluding carboxylic acids is 4. The van der Waals surface area contributed by atoms with Crippen LogP contribution in [0.1, 0.15) is 56.5 Å². The van der Waals surface area contributed by atoms with Crippen molar-refractivity contribution in [1.29, 1.82) is 0 Å². The second kappa shape index (κ2) is 17.1. The lowest BCUT2D eigenvalue weighted by molar-refractivity contribution is -0.115. The Labute approximate surface area is 304 Å². The summed E-state index contributed by atoms with van der Waals surface area (Å²) < 4.78 is 21.4. The molecule has 4 aromatic rings. The average molecular weight is 730 g/mol. The quantitative estimate of drug-likeness (QED) is 0.0756. The highest BCUT2D eigenvalue weighted by atomic mass is 32.2. The number of thioether (sulfide) groups is 1. The fourth-order valence-electron chi connectivity index (χ4n) is 5.55. The van der Waals surface area contributed by atoms with Crippen LogP contribution in [0.25, 0.3) is 6.08 Å². The number of thiophene rings is 1. The van der Waals surface area contributed by atoms with Crippen molar-refractivity contribution in [1.82, 2.24) is 5.32 Å². The largest absolute Gasteiger partial charge is 0.496 e. The van der Waals surface area contributed by atoms with E-state index in [1.165, 1.54) is 57.6 Å². The van der Waals surface area contributed by atoms with E-state index in [0.717, 1.165) is 41.0 Å². The molecule has 1 heterocycles. The monoisotopic (exact) mass is 729 g/mol. The Morgan fingerprint density at radius 3 is 2.24 bits per heavy atom. The van der Waals surface area contributed by atoms with E-state index in [0.29, 0.717) is 44.6 Å². The predicted octanol–water partition coefficient (Wildman–Crippen LogP) is 6.97. The van der Waals surface area contributed by atoms with Crippen LogP contribution in [-0.4, -0.2) is 57.4 Å². The summed E-state index contributed by atoms with van der Waals surface area (Å²) in [6, 6.07) is 18.8. The Kier molecular flexibility index (Phi) is 12.4. The number of hydrogen-bond acceptors (Lipinski definition) is 10. The predicted molar refractivity (Wildman–Crippen MR) is 199 cm³/mol. The maximum Gasteiger partial charge on any atom is 0.341 e. The number of ether oxygens (including phenoxy) is 4. The lowest BCUT2D eigenvalue weighted by Gasteiger charge is -2.15. The molecule has 3 N–H and O–H groups in total. The number of hydrogen-bond donors (Lipinski definition) is 3. The normalized spacial score (nSPS) is 12.9. The summed E-state index contributed by atoms with van der Waals surface area (Å²) in [5.74, 6) is -0.576. The second-order valence-corrected chi connectivity index (χ2v) is 14.0. The number of nitrogens with one attached hydrogen (secondary N) is 3. The number of rotatable bonds is 13. The smallest absolute Gasteiger partial charge is 0.341 e. The van der Waals surface area contributed by atoms with Crippen molar-refractivity contribution in [2.24, 2.45) is 0 Å². The van der Waals surface area contributed by atoms with Gasteiger partial charge in [0.15, 0.2) is 11.5 Å². The van der Waals surface area contributed by atoms with E-state index in [1.807, 2.05) is 6.07 Å². The molecule has 0 radical (unpaired) electrons. The first-order valence-electron chi connectivity index (χ1n) is 16.2. The third-order valence-corrected chi connectivity index (χ3v) is 10.4. The molecule has 1 atom stereocenters. The molecule has 1 aliphatic carbocycles. The topological polar surface area (TPSA) is 141 Å². The number of anilines is 2. The zero-order valence-corrected chi connectivity index (χ0v) is 30.5. The molecular formula is C38H39N3O8S2. The van der Waals surface area contributed by atoms with Crippen molar-refractivity contribution >= 4 is 63.6 Å². The summed E-state index contributed by atoms with van der Waals surface area (Å²) in [5.41, 5.74) is 2.62. The maximum absolute atomic E-state index is 13.8. The van der Waals surface area contributed by atoms with Crippen LogP contribution in [-0.2, 0) is 27.2 Å². The fraction of sp³-hybridized carbons (Fsp3) is 0.263. The van der Waals surface area contributed by atoms with Crippen LogP contribution in [0.3, 0.4) is 0 Å². The van der Waals surface area contributed by atoms with Crippen molar-refractivity contribution in [3.63, 3.8) is 0 Å². The van der Waals surface area contributed by atoms with Crippen molar-refractivity contribution in [2.75, 3.05) is 39.1 Å². The van der Waals surface area contributed by atoms with Crippen LogP contribution < -0.4 is 30.2 Å². The molecule has 13 heteroatoms. The molecule has 0 fully saturated rings. The van der Waals surface area contributed by atoms with Crippen LogP contribution in [0.4, 0.5) is 10.7 Å². The van der Waals surface area contributed by atoms with Gasteiger partial charge in [-0.2, -0.15) is 0 Å². The van der Waals surface area contributed by atoms with Crippen molar-refractivity contribution < 1.29 is 38.1 Å². The summed E-state index contributed by atoms with van der Waals surface area (Å²) in [5, 5.41) is 8.52. The van der Waals surface area contributed by atoms with Gasteiger partial charge in [0.2, 0.25) is 5.91 Å². The van der Waals surface area contributed by atoms with Crippen LogP contribution in [0.15, 0.2) is 77.3 Å². The first-order chi connectivity index (χ1) is 24.6. The number of aryl methyl sites for hydroxylation is 1. The number of esters is 1. The first-order valence-corrected chi connectivity index (χ1v) is 17.8. The van der Waals surface area contributed by atoms with Crippen LogP contribution in [0.2, 0.25) is 0 Å². The van der Waals surface area contributed by atoms with Gasteiger partial charge in [0, 0.05) is 32.7 Å². The molecule has 3 amide bonds.